The normalized spacial score (nSPS) is 30.0. The van der Waals surface area contributed by atoms with Crippen molar-refractivity contribution in [1.29, 1.82) is 0 Å². The zero-order chi connectivity index (χ0) is 11.4. The van der Waals surface area contributed by atoms with Crippen LogP contribution in [0.1, 0.15) is 33.1 Å². The Bertz CT molecular complexity index is 201. The molecule has 0 bridgehead atoms. The first-order valence-corrected chi connectivity index (χ1v) is 6.99. The van der Waals surface area contributed by atoms with E-state index in [1.165, 1.54) is 52.0 Å². The maximum Gasteiger partial charge on any atom is 0.0207 e. The minimum absolute atomic E-state index is 0.738. The largest absolute Gasteiger partial charge is 0.313 e. The Labute approximate surface area is 100 Å². The van der Waals surface area contributed by atoms with Gasteiger partial charge in [0.05, 0.1) is 0 Å². The smallest absolute Gasteiger partial charge is 0.0207 e. The van der Waals surface area contributed by atoms with Gasteiger partial charge in [0.15, 0.2) is 0 Å². The second-order valence-electron chi connectivity index (χ2n) is 5.39. The average Bonchev–Trinajstić information content (AvgIpc) is 2.89. The molecule has 2 heterocycles. The van der Waals surface area contributed by atoms with Crippen LogP contribution >= 0.6 is 0 Å². The predicted octanol–water partition coefficient (Wildman–Crippen LogP) is 1.15. The zero-order valence-corrected chi connectivity index (χ0v) is 10.9. The molecule has 0 spiro atoms. The van der Waals surface area contributed by atoms with Gasteiger partial charge in [-0.15, -0.1) is 0 Å². The van der Waals surface area contributed by atoms with Crippen LogP contribution in [0.2, 0.25) is 0 Å². The van der Waals surface area contributed by atoms with Crippen molar-refractivity contribution in [2.75, 3.05) is 39.3 Å². The molecular formula is C13H27N3. The molecule has 2 unspecified atom stereocenters. The Morgan fingerprint density at radius 3 is 2.69 bits per heavy atom. The Hall–Kier alpha value is -0.120. The van der Waals surface area contributed by atoms with Crippen LogP contribution in [-0.4, -0.2) is 61.2 Å². The number of hydrogen-bond acceptors (Lipinski definition) is 3. The fraction of sp³-hybridized carbons (Fsp3) is 1.00. The summed E-state index contributed by atoms with van der Waals surface area (Å²) >= 11 is 0. The number of nitrogens with zero attached hydrogens (tertiary/aromatic N) is 2. The Morgan fingerprint density at radius 2 is 2.00 bits per heavy atom. The van der Waals surface area contributed by atoms with Gasteiger partial charge >= 0.3 is 0 Å². The molecule has 0 saturated carbocycles. The molecule has 0 radical (unpaired) electrons. The van der Waals surface area contributed by atoms with Gasteiger partial charge in [-0.05, 0) is 45.8 Å². The standard InChI is InChI=1S/C13H27N3/c1-3-14-13-6-9-16(11-13)12(2)10-15-7-4-5-8-15/h12-14H,3-11H2,1-2H3. The summed E-state index contributed by atoms with van der Waals surface area (Å²) in [5, 5.41) is 3.57. The fourth-order valence-electron chi connectivity index (χ4n) is 3.10. The van der Waals surface area contributed by atoms with Crippen molar-refractivity contribution in [2.24, 2.45) is 0 Å². The van der Waals surface area contributed by atoms with Crippen LogP contribution < -0.4 is 5.32 Å². The van der Waals surface area contributed by atoms with Gasteiger partial charge in [-0.2, -0.15) is 0 Å². The zero-order valence-electron chi connectivity index (χ0n) is 10.9. The van der Waals surface area contributed by atoms with Gasteiger partial charge in [0.2, 0.25) is 0 Å². The number of rotatable bonds is 5. The first kappa shape index (κ1) is 12.3. The van der Waals surface area contributed by atoms with Crippen molar-refractivity contribution in [3.05, 3.63) is 0 Å². The van der Waals surface area contributed by atoms with E-state index in [0.717, 1.165) is 18.6 Å². The molecule has 3 heteroatoms. The number of likely N-dealkylation sites (N-methyl/N-ethyl adjacent to an activating group) is 1. The lowest BCUT2D eigenvalue weighted by molar-refractivity contribution is 0.188. The molecule has 0 aromatic rings. The van der Waals surface area contributed by atoms with E-state index in [1.54, 1.807) is 0 Å². The molecule has 2 atom stereocenters. The summed E-state index contributed by atoms with van der Waals surface area (Å²) in [4.78, 5) is 5.29. The van der Waals surface area contributed by atoms with Gasteiger partial charge in [0, 0.05) is 31.7 Å². The van der Waals surface area contributed by atoms with Crippen LogP contribution in [0, 0.1) is 0 Å². The molecule has 16 heavy (non-hydrogen) atoms. The SMILES string of the molecule is CCNC1CCN(C(C)CN2CCCC2)C1. The van der Waals surface area contributed by atoms with E-state index in [9.17, 15) is 0 Å². The molecule has 0 aromatic heterocycles. The molecular weight excluding hydrogens is 198 g/mol. The lowest BCUT2D eigenvalue weighted by Crippen LogP contribution is -2.42. The van der Waals surface area contributed by atoms with E-state index in [1.807, 2.05) is 0 Å². The van der Waals surface area contributed by atoms with Crippen molar-refractivity contribution in [3.8, 4) is 0 Å². The quantitative estimate of drug-likeness (QED) is 0.757. The maximum absolute atomic E-state index is 3.57. The van der Waals surface area contributed by atoms with Crippen molar-refractivity contribution >= 4 is 0 Å². The summed E-state index contributed by atoms with van der Waals surface area (Å²) in [6.07, 6.45) is 4.15. The van der Waals surface area contributed by atoms with Crippen LogP contribution in [-0.2, 0) is 0 Å². The van der Waals surface area contributed by atoms with Crippen LogP contribution in [0.3, 0.4) is 0 Å². The predicted molar refractivity (Wildman–Crippen MR) is 68.8 cm³/mol. The Balaban J connectivity index is 1.71. The highest BCUT2D eigenvalue weighted by molar-refractivity contribution is 4.85. The lowest BCUT2D eigenvalue weighted by Gasteiger charge is -2.28. The topological polar surface area (TPSA) is 18.5 Å². The first-order valence-electron chi connectivity index (χ1n) is 6.99. The molecule has 0 aromatic carbocycles. The van der Waals surface area contributed by atoms with E-state index >= 15 is 0 Å². The van der Waals surface area contributed by atoms with Gasteiger partial charge < -0.3 is 10.2 Å². The molecule has 2 rings (SSSR count). The summed E-state index contributed by atoms with van der Waals surface area (Å²) < 4.78 is 0. The van der Waals surface area contributed by atoms with E-state index in [0.29, 0.717) is 0 Å². The van der Waals surface area contributed by atoms with Crippen LogP contribution in [0.25, 0.3) is 0 Å². The fourth-order valence-corrected chi connectivity index (χ4v) is 3.10. The van der Waals surface area contributed by atoms with Crippen molar-refractivity contribution in [2.45, 2.75) is 45.2 Å². The second kappa shape index (κ2) is 5.99. The molecule has 2 aliphatic heterocycles. The highest BCUT2D eigenvalue weighted by Gasteiger charge is 2.26. The van der Waals surface area contributed by atoms with Gasteiger partial charge in [0.25, 0.3) is 0 Å². The number of likely N-dealkylation sites (tertiary alicyclic amines) is 2. The van der Waals surface area contributed by atoms with Gasteiger partial charge in [-0.3, -0.25) is 4.90 Å². The summed E-state index contributed by atoms with van der Waals surface area (Å²) in [5.74, 6) is 0. The number of nitrogens with one attached hydrogen (secondary N) is 1. The van der Waals surface area contributed by atoms with Gasteiger partial charge in [-0.1, -0.05) is 6.92 Å². The summed E-state index contributed by atoms with van der Waals surface area (Å²) in [6, 6.07) is 1.48. The van der Waals surface area contributed by atoms with Crippen LogP contribution in [0.15, 0.2) is 0 Å². The molecule has 0 amide bonds. The minimum Gasteiger partial charge on any atom is -0.313 e. The monoisotopic (exact) mass is 225 g/mol. The van der Waals surface area contributed by atoms with E-state index in [-0.39, 0.29) is 0 Å². The highest BCUT2D eigenvalue weighted by Crippen LogP contribution is 2.15. The highest BCUT2D eigenvalue weighted by atomic mass is 15.2. The molecule has 2 saturated heterocycles. The maximum atomic E-state index is 3.57. The van der Waals surface area contributed by atoms with Crippen molar-refractivity contribution in [1.82, 2.24) is 15.1 Å². The van der Waals surface area contributed by atoms with Crippen LogP contribution in [0.4, 0.5) is 0 Å². The molecule has 2 aliphatic rings. The average molecular weight is 225 g/mol. The second-order valence-corrected chi connectivity index (χ2v) is 5.39. The third kappa shape index (κ3) is 3.19. The number of hydrogen-bond donors (Lipinski definition) is 1. The summed E-state index contributed by atoms with van der Waals surface area (Å²) in [5.41, 5.74) is 0. The molecule has 3 nitrogen and oxygen atoms in total. The van der Waals surface area contributed by atoms with E-state index < -0.39 is 0 Å². The minimum atomic E-state index is 0.738. The third-order valence-electron chi connectivity index (χ3n) is 4.06. The lowest BCUT2D eigenvalue weighted by atomic mass is 10.2. The van der Waals surface area contributed by atoms with Gasteiger partial charge in [-0.25, -0.2) is 0 Å². The summed E-state index contributed by atoms with van der Waals surface area (Å²) in [6.45, 7) is 12.2. The van der Waals surface area contributed by atoms with Crippen molar-refractivity contribution in [3.63, 3.8) is 0 Å². The molecule has 0 aliphatic carbocycles. The Morgan fingerprint density at radius 1 is 1.25 bits per heavy atom. The summed E-state index contributed by atoms with van der Waals surface area (Å²) in [7, 11) is 0. The first-order chi connectivity index (χ1) is 7.79. The molecule has 94 valence electrons. The van der Waals surface area contributed by atoms with Gasteiger partial charge in [0.1, 0.15) is 0 Å². The van der Waals surface area contributed by atoms with Crippen LogP contribution in [0.5, 0.6) is 0 Å². The van der Waals surface area contributed by atoms with E-state index in [2.05, 4.69) is 29.0 Å². The third-order valence-corrected chi connectivity index (χ3v) is 4.06. The molecule has 1 N–H and O–H groups in total. The molecule has 2 fully saturated rings. The van der Waals surface area contributed by atoms with Crippen molar-refractivity contribution < 1.29 is 0 Å². The Kier molecular flexibility index (Phi) is 4.62. The van der Waals surface area contributed by atoms with E-state index in [4.69, 9.17) is 0 Å².